The van der Waals surface area contributed by atoms with Crippen LogP contribution < -0.4 is 5.73 Å². The zero-order chi connectivity index (χ0) is 9.30. The molecule has 0 bridgehead atoms. The average Bonchev–Trinajstić information content (AvgIpc) is 2.08. The van der Waals surface area contributed by atoms with Crippen LogP contribution in [-0.2, 0) is 0 Å². The van der Waals surface area contributed by atoms with Crippen molar-refractivity contribution in [2.24, 2.45) is 0 Å². The standard InChI is InChI=1S/C10H12N2/c1-6-4-9(5-11)7(2)8(3)10(6)12/h4H,12H2,1-3H3. The topological polar surface area (TPSA) is 49.8 Å². The van der Waals surface area contributed by atoms with Crippen LogP contribution in [0.15, 0.2) is 6.07 Å². The Morgan fingerprint density at radius 3 is 2.33 bits per heavy atom. The summed E-state index contributed by atoms with van der Waals surface area (Å²) in [4.78, 5) is 0. The maximum absolute atomic E-state index is 8.77. The zero-order valence-corrected chi connectivity index (χ0v) is 7.60. The fraction of sp³-hybridized carbons (Fsp3) is 0.300. The molecule has 1 rings (SSSR count). The summed E-state index contributed by atoms with van der Waals surface area (Å²) in [6.07, 6.45) is 0. The van der Waals surface area contributed by atoms with E-state index in [-0.39, 0.29) is 0 Å². The fourth-order valence-corrected chi connectivity index (χ4v) is 1.22. The first kappa shape index (κ1) is 8.61. The first-order chi connectivity index (χ1) is 5.57. The number of aryl methyl sites for hydroxylation is 1. The number of rotatable bonds is 0. The van der Waals surface area contributed by atoms with Gasteiger partial charge in [-0.25, -0.2) is 0 Å². The lowest BCUT2D eigenvalue weighted by Gasteiger charge is -2.08. The minimum atomic E-state index is 0.721. The van der Waals surface area contributed by atoms with Crippen molar-refractivity contribution in [1.82, 2.24) is 0 Å². The minimum absolute atomic E-state index is 0.721. The molecular formula is C10H12N2. The molecule has 0 aliphatic heterocycles. The number of anilines is 1. The van der Waals surface area contributed by atoms with Crippen molar-refractivity contribution in [3.8, 4) is 6.07 Å². The third-order valence-electron chi connectivity index (χ3n) is 2.28. The van der Waals surface area contributed by atoms with Gasteiger partial charge in [-0.05, 0) is 43.5 Å². The third-order valence-corrected chi connectivity index (χ3v) is 2.28. The van der Waals surface area contributed by atoms with Crippen molar-refractivity contribution in [3.63, 3.8) is 0 Å². The lowest BCUT2D eigenvalue weighted by Crippen LogP contribution is -1.98. The maximum Gasteiger partial charge on any atom is 0.0994 e. The number of benzene rings is 1. The largest absolute Gasteiger partial charge is 0.398 e. The fourth-order valence-electron chi connectivity index (χ4n) is 1.22. The van der Waals surface area contributed by atoms with Crippen molar-refractivity contribution >= 4 is 5.69 Å². The van der Waals surface area contributed by atoms with E-state index in [9.17, 15) is 0 Å². The molecule has 0 radical (unpaired) electrons. The van der Waals surface area contributed by atoms with E-state index in [4.69, 9.17) is 11.0 Å². The summed E-state index contributed by atoms with van der Waals surface area (Å²) in [6.45, 7) is 5.78. The molecule has 0 atom stereocenters. The van der Waals surface area contributed by atoms with E-state index >= 15 is 0 Å². The van der Waals surface area contributed by atoms with Crippen LogP contribution in [0, 0.1) is 32.1 Å². The van der Waals surface area contributed by atoms with E-state index in [2.05, 4.69) is 6.07 Å². The summed E-state index contributed by atoms with van der Waals surface area (Å²) in [7, 11) is 0. The van der Waals surface area contributed by atoms with Crippen LogP contribution in [0.2, 0.25) is 0 Å². The molecule has 0 fully saturated rings. The second kappa shape index (κ2) is 2.86. The summed E-state index contributed by atoms with van der Waals surface area (Å²) in [5.41, 5.74) is 10.3. The smallest absolute Gasteiger partial charge is 0.0994 e. The molecule has 0 aliphatic rings. The number of nitrogen functional groups attached to an aromatic ring is 1. The molecule has 1 aromatic carbocycles. The Morgan fingerprint density at radius 1 is 1.25 bits per heavy atom. The Labute approximate surface area is 72.6 Å². The molecule has 0 spiro atoms. The lowest BCUT2D eigenvalue weighted by atomic mass is 9.99. The van der Waals surface area contributed by atoms with E-state index in [1.165, 1.54) is 0 Å². The molecule has 0 saturated heterocycles. The molecule has 12 heavy (non-hydrogen) atoms. The molecule has 0 aromatic heterocycles. The van der Waals surface area contributed by atoms with Crippen molar-refractivity contribution < 1.29 is 0 Å². The number of nitrogens with two attached hydrogens (primary N) is 1. The lowest BCUT2D eigenvalue weighted by molar-refractivity contribution is 1.27. The molecule has 0 heterocycles. The zero-order valence-electron chi connectivity index (χ0n) is 7.60. The number of hydrogen-bond donors (Lipinski definition) is 1. The highest BCUT2D eigenvalue weighted by Crippen LogP contribution is 2.22. The van der Waals surface area contributed by atoms with Crippen LogP contribution in [0.3, 0.4) is 0 Å². The third kappa shape index (κ3) is 1.14. The Hall–Kier alpha value is -1.49. The first-order valence-electron chi connectivity index (χ1n) is 3.84. The van der Waals surface area contributed by atoms with Crippen LogP contribution in [0.5, 0.6) is 0 Å². The van der Waals surface area contributed by atoms with Gasteiger partial charge >= 0.3 is 0 Å². The van der Waals surface area contributed by atoms with Gasteiger partial charge in [0.15, 0.2) is 0 Å². The number of hydrogen-bond acceptors (Lipinski definition) is 2. The van der Waals surface area contributed by atoms with Crippen LogP contribution in [0.1, 0.15) is 22.3 Å². The van der Waals surface area contributed by atoms with Gasteiger partial charge in [-0.2, -0.15) is 5.26 Å². The van der Waals surface area contributed by atoms with E-state index in [0.29, 0.717) is 0 Å². The molecule has 2 heteroatoms. The minimum Gasteiger partial charge on any atom is -0.398 e. The van der Waals surface area contributed by atoms with E-state index in [0.717, 1.165) is 27.9 Å². The van der Waals surface area contributed by atoms with Gasteiger partial charge in [-0.3, -0.25) is 0 Å². The SMILES string of the molecule is Cc1cc(C#N)c(C)c(C)c1N. The Morgan fingerprint density at radius 2 is 1.83 bits per heavy atom. The monoisotopic (exact) mass is 160 g/mol. The molecule has 0 amide bonds. The Balaban J connectivity index is 3.52. The van der Waals surface area contributed by atoms with Gasteiger partial charge in [0.1, 0.15) is 0 Å². The second-order valence-electron chi connectivity index (χ2n) is 3.02. The van der Waals surface area contributed by atoms with Crippen LogP contribution in [0.4, 0.5) is 5.69 Å². The maximum atomic E-state index is 8.77. The highest BCUT2D eigenvalue weighted by Gasteiger charge is 2.06. The van der Waals surface area contributed by atoms with Gasteiger partial charge in [0, 0.05) is 5.69 Å². The highest BCUT2D eigenvalue weighted by molar-refractivity contribution is 5.60. The van der Waals surface area contributed by atoms with Gasteiger partial charge in [0.25, 0.3) is 0 Å². The van der Waals surface area contributed by atoms with Gasteiger partial charge in [-0.1, -0.05) is 0 Å². The van der Waals surface area contributed by atoms with E-state index < -0.39 is 0 Å². The van der Waals surface area contributed by atoms with Gasteiger partial charge < -0.3 is 5.73 Å². The highest BCUT2D eigenvalue weighted by atomic mass is 14.6. The summed E-state index contributed by atoms with van der Waals surface area (Å²) < 4.78 is 0. The van der Waals surface area contributed by atoms with Crippen LogP contribution in [0.25, 0.3) is 0 Å². The van der Waals surface area contributed by atoms with Gasteiger partial charge in [0.05, 0.1) is 11.6 Å². The molecule has 0 saturated carbocycles. The predicted molar refractivity (Wildman–Crippen MR) is 49.8 cm³/mol. The molecule has 0 unspecified atom stereocenters. The predicted octanol–water partition coefficient (Wildman–Crippen LogP) is 2.07. The molecule has 62 valence electrons. The van der Waals surface area contributed by atoms with E-state index in [1.807, 2.05) is 26.8 Å². The first-order valence-corrected chi connectivity index (χ1v) is 3.84. The summed E-state index contributed by atoms with van der Waals surface area (Å²) in [6, 6.07) is 3.98. The number of nitrogens with zero attached hydrogens (tertiary/aromatic N) is 1. The Bertz CT molecular complexity index is 359. The van der Waals surface area contributed by atoms with Crippen molar-refractivity contribution in [2.45, 2.75) is 20.8 Å². The molecule has 2 nitrogen and oxygen atoms in total. The molecular weight excluding hydrogens is 148 g/mol. The second-order valence-corrected chi connectivity index (χ2v) is 3.02. The number of nitriles is 1. The van der Waals surface area contributed by atoms with Crippen molar-refractivity contribution in [2.75, 3.05) is 5.73 Å². The average molecular weight is 160 g/mol. The molecule has 0 aliphatic carbocycles. The van der Waals surface area contributed by atoms with Crippen LogP contribution in [-0.4, -0.2) is 0 Å². The summed E-state index contributed by atoms with van der Waals surface area (Å²) >= 11 is 0. The van der Waals surface area contributed by atoms with Gasteiger partial charge in [0.2, 0.25) is 0 Å². The summed E-state index contributed by atoms with van der Waals surface area (Å²) in [5, 5.41) is 8.77. The molecule has 2 N–H and O–H groups in total. The van der Waals surface area contributed by atoms with E-state index in [1.54, 1.807) is 0 Å². The normalized spacial score (nSPS) is 9.50. The van der Waals surface area contributed by atoms with Crippen molar-refractivity contribution in [3.05, 3.63) is 28.3 Å². The quantitative estimate of drug-likeness (QED) is 0.590. The van der Waals surface area contributed by atoms with Crippen molar-refractivity contribution in [1.29, 1.82) is 5.26 Å². The summed E-state index contributed by atoms with van der Waals surface area (Å²) in [5.74, 6) is 0. The molecule has 1 aromatic rings. The van der Waals surface area contributed by atoms with Gasteiger partial charge in [-0.15, -0.1) is 0 Å². The van der Waals surface area contributed by atoms with Crippen LogP contribution >= 0.6 is 0 Å². The Kier molecular flexibility index (Phi) is 2.05.